The van der Waals surface area contributed by atoms with Crippen molar-refractivity contribution in [1.29, 1.82) is 0 Å². The predicted molar refractivity (Wildman–Crippen MR) is 94.8 cm³/mol. The molecule has 2 aromatic heterocycles. The van der Waals surface area contributed by atoms with Crippen LogP contribution in [0.4, 0.5) is 0 Å². The molecular weight excluding hydrogens is 320 g/mol. The van der Waals surface area contributed by atoms with Crippen LogP contribution >= 0.6 is 11.3 Å². The zero-order chi connectivity index (χ0) is 16.4. The van der Waals surface area contributed by atoms with Crippen LogP contribution in [0.15, 0.2) is 40.5 Å². The van der Waals surface area contributed by atoms with Crippen molar-refractivity contribution in [3.8, 4) is 0 Å². The maximum Gasteiger partial charge on any atom is 0.181 e. The summed E-state index contributed by atoms with van der Waals surface area (Å²) in [5.74, 6) is 1.94. The molecule has 0 aromatic carbocycles. The van der Waals surface area contributed by atoms with Crippen LogP contribution in [0.1, 0.15) is 47.9 Å². The van der Waals surface area contributed by atoms with Crippen molar-refractivity contribution in [3.63, 3.8) is 0 Å². The molecule has 24 heavy (non-hydrogen) atoms. The third-order valence-electron chi connectivity index (χ3n) is 5.29. The van der Waals surface area contributed by atoms with Gasteiger partial charge >= 0.3 is 0 Å². The van der Waals surface area contributed by atoms with Crippen LogP contribution in [0.2, 0.25) is 0 Å². The van der Waals surface area contributed by atoms with E-state index in [1.807, 2.05) is 0 Å². The minimum atomic E-state index is 0.233. The summed E-state index contributed by atoms with van der Waals surface area (Å²) in [6.45, 7) is 1.96. The average Bonchev–Trinajstić information content (AvgIpc) is 3.26. The van der Waals surface area contributed by atoms with E-state index in [0.29, 0.717) is 12.0 Å². The molecule has 0 radical (unpaired) electrons. The third kappa shape index (κ3) is 3.34. The van der Waals surface area contributed by atoms with E-state index >= 15 is 0 Å². The first kappa shape index (κ1) is 16.1. The molecule has 2 aromatic rings. The normalized spacial score (nSPS) is 23.9. The van der Waals surface area contributed by atoms with E-state index in [9.17, 15) is 5.11 Å². The van der Waals surface area contributed by atoms with Crippen LogP contribution in [0.3, 0.4) is 0 Å². The molecule has 128 valence electrons. The van der Waals surface area contributed by atoms with E-state index in [1.165, 1.54) is 24.1 Å². The highest BCUT2D eigenvalue weighted by Gasteiger charge is 2.29. The molecule has 0 aliphatic heterocycles. The molecule has 5 heteroatoms. The van der Waals surface area contributed by atoms with E-state index in [0.717, 1.165) is 31.0 Å². The van der Waals surface area contributed by atoms with Crippen LogP contribution in [0.5, 0.6) is 0 Å². The van der Waals surface area contributed by atoms with E-state index in [4.69, 9.17) is 4.42 Å². The average molecular weight is 344 g/mol. The molecule has 1 fully saturated rings. The molecule has 0 unspecified atom stereocenters. The summed E-state index contributed by atoms with van der Waals surface area (Å²) in [6.07, 6.45) is 10.7. The summed E-state index contributed by atoms with van der Waals surface area (Å²) < 4.78 is 5.72. The van der Waals surface area contributed by atoms with Gasteiger partial charge in [0.05, 0.1) is 5.69 Å². The van der Waals surface area contributed by atoms with Gasteiger partial charge < -0.3 is 9.52 Å². The smallest absolute Gasteiger partial charge is 0.181 e. The van der Waals surface area contributed by atoms with E-state index in [2.05, 4.69) is 39.5 Å². The van der Waals surface area contributed by atoms with Gasteiger partial charge in [-0.2, -0.15) is 0 Å². The van der Waals surface area contributed by atoms with Crippen molar-refractivity contribution in [2.24, 2.45) is 5.92 Å². The minimum absolute atomic E-state index is 0.233. The topological polar surface area (TPSA) is 49.5 Å². The Morgan fingerprint density at radius 1 is 1.29 bits per heavy atom. The molecule has 0 saturated heterocycles. The van der Waals surface area contributed by atoms with Crippen molar-refractivity contribution in [2.75, 3.05) is 6.61 Å². The first-order valence-corrected chi connectivity index (χ1v) is 9.69. The van der Waals surface area contributed by atoms with E-state index in [1.54, 1.807) is 17.7 Å². The van der Waals surface area contributed by atoms with Gasteiger partial charge in [-0.15, -0.1) is 11.3 Å². The summed E-state index contributed by atoms with van der Waals surface area (Å²) in [7, 11) is 0. The number of hydrogen-bond donors (Lipinski definition) is 1. The fourth-order valence-corrected chi connectivity index (χ4v) is 4.37. The lowest BCUT2D eigenvalue weighted by atomic mass is 9.83. The lowest BCUT2D eigenvalue weighted by Gasteiger charge is -2.29. The number of aliphatic hydroxyl groups excluding tert-OH is 1. The Bertz CT molecular complexity index is 675. The van der Waals surface area contributed by atoms with Crippen molar-refractivity contribution in [3.05, 3.63) is 52.4 Å². The maximum atomic E-state index is 9.44. The largest absolute Gasteiger partial charge is 0.448 e. The molecule has 0 amide bonds. The summed E-state index contributed by atoms with van der Waals surface area (Å²) >= 11 is 1.80. The Labute approximate surface area is 146 Å². The van der Waals surface area contributed by atoms with Gasteiger partial charge in [0.25, 0.3) is 0 Å². The van der Waals surface area contributed by atoms with E-state index < -0.39 is 0 Å². The van der Waals surface area contributed by atoms with E-state index in [-0.39, 0.29) is 12.5 Å². The highest BCUT2D eigenvalue weighted by Crippen LogP contribution is 2.38. The van der Waals surface area contributed by atoms with Gasteiger partial charge in [0.15, 0.2) is 6.39 Å². The van der Waals surface area contributed by atoms with Gasteiger partial charge in [-0.05, 0) is 30.7 Å². The van der Waals surface area contributed by atoms with Gasteiger partial charge in [-0.3, -0.25) is 4.90 Å². The number of oxazole rings is 1. The molecule has 4 nitrogen and oxygen atoms in total. The summed E-state index contributed by atoms with van der Waals surface area (Å²) in [5.41, 5.74) is 1.09. The Kier molecular flexibility index (Phi) is 4.83. The lowest BCUT2D eigenvalue weighted by molar-refractivity contribution is 0.178. The molecular formula is C19H24N2O2S. The number of hydrogen-bond acceptors (Lipinski definition) is 5. The second kappa shape index (κ2) is 7.21. The van der Waals surface area contributed by atoms with Crippen LogP contribution in [0.25, 0.3) is 0 Å². The van der Waals surface area contributed by atoms with Gasteiger partial charge in [-0.25, -0.2) is 4.98 Å². The molecule has 2 aliphatic carbocycles. The highest BCUT2D eigenvalue weighted by molar-refractivity contribution is 7.09. The minimum Gasteiger partial charge on any atom is -0.448 e. The van der Waals surface area contributed by atoms with Gasteiger partial charge in [0.2, 0.25) is 0 Å². The number of rotatable bonds is 7. The molecule has 1 N–H and O–H groups in total. The van der Waals surface area contributed by atoms with Crippen LogP contribution in [-0.4, -0.2) is 27.6 Å². The van der Waals surface area contributed by atoms with Crippen LogP contribution in [-0.2, 0) is 13.1 Å². The van der Waals surface area contributed by atoms with Gasteiger partial charge in [0, 0.05) is 42.5 Å². The monoisotopic (exact) mass is 344 g/mol. The van der Waals surface area contributed by atoms with Crippen molar-refractivity contribution >= 4 is 11.3 Å². The first-order valence-electron chi connectivity index (χ1n) is 8.81. The van der Waals surface area contributed by atoms with Crippen LogP contribution in [0, 0.1) is 5.92 Å². The van der Waals surface area contributed by atoms with Gasteiger partial charge in [0.1, 0.15) is 5.76 Å². The summed E-state index contributed by atoms with van der Waals surface area (Å²) in [4.78, 5) is 8.36. The molecule has 2 aliphatic rings. The molecule has 4 rings (SSSR count). The highest BCUT2D eigenvalue weighted by atomic mass is 32.1. The number of nitrogens with zero attached hydrogens (tertiary/aromatic N) is 2. The molecule has 1 saturated carbocycles. The zero-order valence-corrected chi connectivity index (χ0v) is 14.6. The number of aliphatic hydroxyl groups is 1. The Morgan fingerprint density at radius 3 is 2.88 bits per heavy atom. The zero-order valence-electron chi connectivity index (χ0n) is 13.8. The molecule has 2 atom stereocenters. The fourth-order valence-electron chi connectivity index (χ4n) is 3.64. The number of aromatic nitrogens is 1. The lowest BCUT2D eigenvalue weighted by Crippen LogP contribution is -2.33. The van der Waals surface area contributed by atoms with Gasteiger partial charge in [-0.1, -0.05) is 24.6 Å². The summed E-state index contributed by atoms with van der Waals surface area (Å²) in [6, 6.07) is 4.65. The quantitative estimate of drug-likeness (QED) is 0.773. The fraction of sp³-hybridized carbons (Fsp3) is 0.526. The van der Waals surface area contributed by atoms with Crippen molar-refractivity contribution in [1.82, 2.24) is 9.88 Å². The molecule has 0 spiro atoms. The Balaban J connectivity index is 1.52. The van der Waals surface area contributed by atoms with Crippen LogP contribution < -0.4 is 0 Å². The standard InChI is InChI=1S/C19H24N2O2S/c22-12-14-6-7-16(9-14)21(10-17-5-2-8-24-17)11-18-19(23-13-20-18)15-3-1-4-15/h2,5-8,13-16,22H,1,3-4,9-12H2/t14-,16+/m0/s1. The second-order valence-corrected chi connectivity index (χ2v) is 7.94. The number of thiophene rings is 1. The summed E-state index contributed by atoms with van der Waals surface area (Å²) in [5, 5.41) is 11.6. The van der Waals surface area contributed by atoms with Crippen molar-refractivity contribution < 1.29 is 9.52 Å². The Hall–Kier alpha value is -1.43. The first-order chi connectivity index (χ1) is 11.8. The predicted octanol–water partition coefficient (Wildman–Crippen LogP) is 3.94. The maximum absolute atomic E-state index is 9.44. The molecule has 0 bridgehead atoms. The Morgan fingerprint density at radius 2 is 2.21 bits per heavy atom. The SMILES string of the molecule is OC[C@H]1C=C[C@@H](N(Cc2cccs2)Cc2ncoc2C2CCC2)C1. The van der Waals surface area contributed by atoms with Crippen molar-refractivity contribution in [2.45, 2.75) is 50.7 Å². The second-order valence-electron chi connectivity index (χ2n) is 6.91. The molecule has 2 heterocycles. The third-order valence-corrected chi connectivity index (χ3v) is 6.15.